The third-order valence-corrected chi connectivity index (χ3v) is 5.28. The molecule has 1 aromatic heterocycles. The third-order valence-electron chi connectivity index (χ3n) is 5.28. The van der Waals surface area contributed by atoms with E-state index in [1.807, 2.05) is 54.6 Å². The molecule has 4 rings (SSSR count). The molecule has 2 aromatic carbocycles. The van der Waals surface area contributed by atoms with Gasteiger partial charge in [0.25, 0.3) is 0 Å². The monoisotopic (exact) mass is 421 g/mol. The molecule has 1 saturated carbocycles. The third kappa shape index (κ3) is 5.14. The van der Waals surface area contributed by atoms with E-state index in [4.69, 9.17) is 4.74 Å². The Labute approximate surface area is 180 Å². The molecule has 0 spiro atoms. The van der Waals surface area contributed by atoms with Gasteiger partial charge in [0.15, 0.2) is 5.82 Å². The van der Waals surface area contributed by atoms with Crippen LogP contribution in [0.25, 0.3) is 11.4 Å². The minimum atomic E-state index is -0.258. The fraction of sp³-hybridized carbons (Fsp3) is 0.348. The first kappa shape index (κ1) is 20.7. The zero-order chi connectivity index (χ0) is 21.6. The van der Waals surface area contributed by atoms with Gasteiger partial charge in [-0.15, -0.1) is 5.10 Å². The average molecular weight is 422 g/mol. The van der Waals surface area contributed by atoms with Crippen LogP contribution >= 0.6 is 0 Å². The standard InChI is InChI=1S/C23H27N5O3/c1-31-20-11-7-17(8-12-20)13-14-24-22(29)25-15-16-27-23(30)28(19-9-10-19)21(26-27)18-5-3-2-4-6-18/h2-8,11-12,19H,9-10,13-16H2,1H3,(H2,24,25,29). The minimum absolute atomic E-state index is 0.122. The molecule has 1 heterocycles. The number of methoxy groups -OCH3 is 1. The second-order valence-electron chi connectivity index (χ2n) is 7.58. The molecule has 0 atom stereocenters. The predicted molar refractivity (Wildman–Crippen MR) is 118 cm³/mol. The van der Waals surface area contributed by atoms with Crippen molar-refractivity contribution >= 4 is 6.03 Å². The van der Waals surface area contributed by atoms with E-state index in [2.05, 4.69) is 15.7 Å². The Morgan fingerprint density at radius 3 is 2.45 bits per heavy atom. The van der Waals surface area contributed by atoms with Gasteiger partial charge in [0.1, 0.15) is 5.75 Å². The summed E-state index contributed by atoms with van der Waals surface area (Å²) in [5.41, 5.74) is 1.92. The van der Waals surface area contributed by atoms with E-state index in [-0.39, 0.29) is 17.8 Å². The number of urea groups is 1. The van der Waals surface area contributed by atoms with E-state index in [9.17, 15) is 9.59 Å². The predicted octanol–water partition coefficient (Wildman–Crippen LogP) is 2.60. The Bertz CT molecular complexity index is 1070. The maximum absolute atomic E-state index is 12.8. The largest absolute Gasteiger partial charge is 0.497 e. The fourth-order valence-electron chi connectivity index (χ4n) is 3.46. The van der Waals surface area contributed by atoms with Crippen molar-refractivity contribution in [2.75, 3.05) is 20.2 Å². The highest BCUT2D eigenvalue weighted by atomic mass is 16.5. The topological polar surface area (TPSA) is 90.2 Å². The zero-order valence-corrected chi connectivity index (χ0v) is 17.6. The first-order chi connectivity index (χ1) is 15.2. The minimum Gasteiger partial charge on any atom is -0.497 e. The van der Waals surface area contributed by atoms with Crippen LogP contribution in [0.3, 0.4) is 0 Å². The summed E-state index contributed by atoms with van der Waals surface area (Å²) in [6, 6.07) is 17.5. The van der Waals surface area contributed by atoms with Crippen molar-refractivity contribution in [1.29, 1.82) is 0 Å². The summed E-state index contributed by atoms with van der Waals surface area (Å²) >= 11 is 0. The lowest BCUT2D eigenvalue weighted by Crippen LogP contribution is -2.39. The molecule has 2 N–H and O–H groups in total. The number of carbonyl (C=O) groups excluding carboxylic acids is 1. The molecule has 1 aliphatic rings. The maximum Gasteiger partial charge on any atom is 0.346 e. The van der Waals surface area contributed by atoms with Crippen LogP contribution in [-0.2, 0) is 13.0 Å². The summed E-state index contributed by atoms with van der Waals surface area (Å²) in [6.45, 7) is 1.17. The maximum atomic E-state index is 12.8. The second-order valence-corrected chi connectivity index (χ2v) is 7.58. The highest BCUT2D eigenvalue weighted by Crippen LogP contribution is 2.36. The smallest absolute Gasteiger partial charge is 0.346 e. The Kier molecular flexibility index (Phi) is 6.35. The van der Waals surface area contributed by atoms with Crippen LogP contribution in [0.2, 0.25) is 0 Å². The number of nitrogens with zero attached hydrogens (tertiary/aromatic N) is 3. The van der Waals surface area contributed by atoms with E-state index in [0.717, 1.165) is 36.1 Å². The molecular formula is C23H27N5O3. The summed E-state index contributed by atoms with van der Waals surface area (Å²) in [7, 11) is 1.63. The number of benzene rings is 2. The molecule has 162 valence electrons. The van der Waals surface area contributed by atoms with Gasteiger partial charge in [-0.2, -0.15) is 0 Å². The molecule has 3 aromatic rings. The van der Waals surface area contributed by atoms with Crippen molar-refractivity contribution < 1.29 is 9.53 Å². The SMILES string of the molecule is COc1ccc(CCNC(=O)NCCn2nc(-c3ccccc3)n(C3CC3)c2=O)cc1. The van der Waals surface area contributed by atoms with Crippen molar-refractivity contribution in [3.63, 3.8) is 0 Å². The molecule has 8 nitrogen and oxygen atoms in total. The van der Waals surface area contributed by atoms with Gasteiger partial charge in [0.2, 0.25) is 0 Å². The van der Waals surface area contributed by atoms with E-state index in [1.54, 1.807) is 11.7 Å². The molecule has 0 saturated heterocycles. The summed E-state index contributed by atoms with van der Waals surface area (Å²) in [5.74, 6) is 1.50. The second kappa shape index (κ2) is 9.51. The first-order valence-electron chi connectivity index (χ1n) is 10.5. The van der Waals surface area contributed by atoms with Gasteiger partial charge in [-0.05, 0) is 37.0 Å². The van der Waals surface area contributed by atoms with Crippen LogP contribution in [0.4, 0.5) is 4.79 Å². The molecule has 2 amide bonds. The van der Waals surface area contributed by atoms with Gasteiger partial charge in [-0.3, -0.25) is 4.57 Å². The molecular weight excluding hydrogens is 394 g/mol. The lowest BCUT2D eigenvalue weighted by atomic mass is 10.1. The summed E-state index contributed by atoms with van der Waals surface area (Å²) in [5, 5.41) is 10.2. The van der Waals surface area contributed by atoms with Crippen molar-refractivity contribution in [1.82, 2.24) is 25.0 Å². The van der Waals surface area contributed by atoms with Crippen molar-refractivity contribution in [2.24, 2.45) is 0 Å². The number of rotatable bonds is 9. The van der Waals surface area contributed by atoms with Crippen molar-refractivity contribution in [3.05, 3.63) is 70.6 Å². The van der Waals surface area contributed by atoms with Gasteiger partial charge < -0.3 is 15.4 Å². The Morgan fingerprint density at radius 2 is 1.77 bits per heavy atom. The van der Waals surface area contributed by atoms with Crippen LogP contribution in [0.5, 0.6) is 5.75 Å². The number of nitrogens with one attached hydrogen (secondary N) is 2. The summed E-state index contributed by atoms with van der Waals surface area (Å²) < 4.78 is 8.37. The van der Waals surface area contributed by atoms with Crippen molar-refractivity contribution in [3.8, 4) is 17.1 Å². The highest BCUT2D eigenvalue weighted by Gasteiger charge is 2.30. The van der Waals surface area contributed by atoms with E-state index in [0.29, 0.717) is 25.5 Å². The molecule has 0 radical (unpaired) electrons. The Morgan fingerprint density at radius 1 is 1.06 bits per heavy atom. The normalized spacial score (nSPS) is 13.1. The van der Waals surface area contributed by atoms with Crippen LogP contribution in [0.1, 0.15) is 24.4 Å². The van der Waals surface area contributed by atoms with Crippen LogP contribution in [0.15, 0.2) is 59.4 Å². The Balaban J connectivity index is 1.28. The fourth-order valence-corrected chi connectivity index (χ4v) is 3.46. The lowest BCUT2D eigenvalue weighted by Gasteiger charge is -2.08. The molecule has 1 fully saturated rings. The average Bonchev–Trinajstić information content (AvgIpc) is 3.58. The number of amides is 2. The number of hydrogen-bond donors (Lipinski definition) is 2. The molecule has 0 aliphatic heterocycles. The summed E-state index contributed by atoms with van der Waals surface area (Å²) in [6.07, 6.45) is 2.73. The Hall–Kier alpha value is -3.55. The number of carbonyl (C=O) groups is 1. The number of aromatic nitrogens is 3. The van der Waals surface area contributed by atoms with E-state index in [1.165, 1.54) is 4.68 Å². The van der Waals surface area contributed by atoms with Crippen molar-refractivity contribution in [2.45, 2.75) is 31.8 Å². The van der Waals surface area contributed by atoms with Gasteiger partial charge in [0.05, 0.1) is 13.7 Å². The van der Waals surface area contributed by atoms with Crippen LogP contribution in [-0.4, -0.2) is 40.6 Å². The number of hydrogen-bond acceptors (Lipinski definition) is 4. The van der Waals surface area contributed by atoms with Gasteiger partial charge >= 0.3 is 11.7 Å². The molecule has 0 bridgehead atoms. The molecule has 8 heteroatoms. The highest BCUT2D eigenvalue weighted by molar-refractivity contribution is 5.73. The van der Waals surface area contributed by atoms with Gasteiger partial charge in [-0.1, -0.05) is 42.5 Å². The zero-order valence-electron chi connectivity index (χ0n) is 17.6. The number of ether oxygens (including phenoxy) is 1. The van der Waals surface area contributed by atoms with Gasteiger partial charge in [0, 0.05) is 24.7 Å². The lowest BCUT2D eigenvalue weighted by molar-refractivity contribution is 0.240. The quantitative estimate of drug-likeness (QED) is 0.556. The van der Waals surface area contributed by atoms with Crippen LogP contribution < -0.4 is 21.1 Å². The van der Waals surface area contributed by atoms with E-state index < -0.39 is 0 Å². The van der Waals surface area contributed by atoms with Gasteiger partial charge in [-0.25, -0.2) is 14.3 Å². The molecule has 1 aliphatic carbocycles. The van der Waals surface area contributed by atoms with E-state index >= 15 is 0 Å². The summed E-state index contributed by atoms with van der Waals surface area (Å²) in [4.78, 5) is 24.9. The molecule has 31 heavy (non-hydrogen) atoms. The molecule has 0 unspecified atom stereocenters. The van der Waals surface area contributed by atoms with Crippen LogP contribution in [0, 0.1) is 0 Å². The first-order valence-corrected chi connectivity index (χ1v) is 10.5.